The number of aromatic nitrogens is 2. The van der Waals surface area contributed by atoms with Crippen molar-refractivity contribution in [2.24, 2.45) is 0 Å². The highest BCUT2D eigenvalue weighted by Gasteiger charge is 2.18. The van der Waals surface area contributed by atoms with E-state index in [1.807, 2.05) is 0 Å². The van der Waals surface area contributed by atoms with Gasteiger partial charge < -0.3 is 19.7 Å². The molecule has 2 aliphatic heterocycles. The number of allylic oxidation sites excluding steroid dienone is 2. The van der Waals surface area contributed by atoms with Gasteiger partial charge in [0.2, 0.25) is 10.9 Å². The molecule has 0 radical (unpaired) electrons. The number of aryl methyl sites for hydroxylation is 2. The van der Waals surface area contributed by atoms with Crippen LogP contribution in [0.4, 0.5) is 0 Å². The van der Waals surface area contributed by atoms with Crippen LogP contribution in [0.5, 0.6) is 0 Å². The van der Waals surface area contributed by atoms with Gasteiger partial charge in [0.1, 0.15) is 22.2 Å². The Labute approximate surface area is 183 Å². The molecule has 2 heterocycles. The van der Waals surface area contributed by atoms with Crippen molar-refractivity contribution in [2.45, 2.75) is 41.5 Å². The summed E-state index contributed by atoms with van der Waals surface area (Å²) in [4.78, 5) is 35.8. The van der Waals surface area contributed by atoms with Crippen LogP contribution in [0.15, 0.2) is 33.3 Å². The number of aliphatic hydroxyl groups is 2. The number of hydrogen-bond donors (Lipinski definition) is 2. The van der Waals surface area contributed by atoms with Crippen molar-refractivity contribution in [1.29, 1.82) is 0 Å². The molecule has 0 saturated carbocycles. The lowest BCUT2D eigenvalue weighted by Crippen LogP contribution is -2.26. The molecule has 0 spiro atoms. The third-order valence-electron chi connectivity index (χ3n) is 4.91. The minimum atomic E-state index is -0.457. The number of ether oxygens (including phenoxy) is 2. The highest BCUT2D eigenvalue weighted by molar-refractivity contribution is 5.53. The molecule has 32 heavy (non-hydrogen) atoms. The summed E-state index contributed by atoms with van der Waals surface area (Å²) in [6.07, 6.45) is 2.79. The second kappa shape index (κ2) is 8.82. The van der Waals surface area contributed by atoms with E-state index in [2.05, 4.69) is 9.97 Å². The molecule has 3 aliphatic rings. The predicted octanol–water partition coefficient (Wildman–Crippen LogP) is 1.35. The van der Waals surface area contributed by atoms with Crippen molar-refractivity contribution in [2.75, 3.05) is 13.2 Å². The quantitative estimate of drug-likeness (QED) is 0.554. The summed E-state index contributed by atoms with van der Waals surface area (Å²) in [7, 11) is 0. The van der Waals surface area contributed by atoms with Gasteiger partial charge in [0.25, 0.3) is 0 Å². The van der Waals surface area contributed by atoms with Gasteiger partial charge in [0, 0.05) is 23.5 Å². The Kier molecular flexibility index (Phi) is 6.34. The van der Waals surface area contributed by atoms with Crippen LogP contribution in [0.2, 0.25) is 0 Å². The second-order valence-corrected chi connectivity index (χ2v) is 7.42. The summed E-state index contributed by atoms with van der Waals surface area (Å²) in [6, 6.07) is 0. The number of rotatable bonds is 6. The van der Waals surface area contributed by atoms with E-state index in [0.29, 0.717) is 35.0 Å². The lowest BCUT2D eigenvalue weighted by atomic mass is 10.1. The number of nitrogens with zero attached hydrogens (tertiary/aromatic N) is 2. The van der Waals surface area contributed by atoms with Gasteiger partial charge in [-0.25, -0.2) is 9.97 Å². The number of aliphatic hydroxyl groups excluding tert-OH is 2. The van der Waals surface area contributed by atoms with Crippen LogP contribution in [0.25, 0.3) is 11.5 Å². The van der Waals surface area contributed by atoms with Gasteiger partial charge in [-0.1, -0.05) is 0 Å². The molecule has 168 valence electrons. The smallest absolute Gasteiger partial charge is 0.215 e. The Bertz CT molecular complexity index is 1460. The summed E-state index contributed by atoms with van der Waals surface area (Å²) >= 11 is 0. The topological polar surface area (TPSA) is 119 Å². The highest BCUT2D eigenvalue weighted by Crippen LogP contribution is 2.06. The molecule has 0 atom stereocenters. The maximum Gasteiger partial charge on any atom is 0.215 e. The van der Waals surface area contributed by atoms with E-state index in [9.17, 15) is 19.8 Å². The lowest BCUT2D eigenvalue weighted by molar-refractivity contribution is 0.294. The van der Waals surface area contributed by atoms with Crippen molar-refractivity contribution in [3.05, 3.63) is 87.1 Å². The molecule has 0 aromatic rings. The van der Waals surface area contributed by atoms with Crippen molar-refractivity contribution in [3.63, 3.8) is 0 Å². The molecular weight excluding hydrogens is 412 g/mol. The molecule has 0 aromatic carbocycles. The van der Waals surface area contributed by atoms with Gasteiger partial charge >= 0.3 is 0 Å². The van der Waals surface area contributed by atoms with Crippen molar-refractivity contribution in [3.8, 4) is 0 Å². The molecule has 8 nitrogen and oxygen atoms in total. The first-order valence-electron chi connectivity index (χ1n) is 10.3. The van der Waals surface area contributed by atoms with Crippen molar-refractivity contribution in [1.82, 2.24) is 9.97 Å². The van der Waals surface area contributed by atoms with Crippen LogP contribution in [0.3, 0.4) is 0 Å². The molecule has 0 unspecified atom stereocenters. The van der Waals surface area contributed by atoms with E-state index in [1.54, 1.807) is 27.7 Å². The highest BCUT2D eigenvalue weighted by atomic mass is 16.5. The van der Waals surface area contributed by atoms with Gasteiger partial charge in [-0.05, 0) is 41.5 Å². The van der Waals surface area contributed by atoms with Gasteiger partial charge in [0.15, 0.2) is 0 Å². The van der Waals surface area contributed by atoms with E-state index in [0.717, 1.165) is 0 Å². The zero-order valence-electron chi connectivity index (χ0n) is 19.0. The summed E-state index contributed by atoms with van der Waals surface area (Å²) in [6.45, 7) is 10.5. The first kappa shape index (κ1) is 23.0. The Balaban J connectivity index is 2.72. The van der Waals surface area contributed by atoms with E-state index in [1.165, 1.54) is 26.0 Å². The monoisotopic (exact) mass is 438 g/mol. The van der Waals surface area contributed by atoms with E-state index >= 15 is 0 Å². The van der Waals surface area contributed by atoms with Crippen LogP contribution in [0.1, 0.15) is 39.1 Å². The molecule has 0 fully saturated rings. The molecule has 8 heteroatoms. The standard InChI is InChI=1S/C24H26N2O6/c1-7-31-15(9-11(3)27)17-13(5)25-21-19(17)23(29)22-20(24(21)30)18(14(6)26-22)16(32-8-2)10-12(4)28/h9-10,27-28H,7-8H2,1-6H3/b11-9-,12-10-,17-15+,18-16+. The Morgan fingerprint density at radius 2 is 1.12 bits per heavy atom. The van der Waals surface area contributed by atoms with Gasteiger partial charge in [0.05, 0.1) is 45.6 Å². The van der Waals surface area contributed by atoms with Crippen molar-refractivity contribution >= 4 is 11.5 Å². The van der Waals surface area contributed by atoms with Crippen LogP contribution < -0.4 is 21.3 Å². The molecule has 3 rings (SSSR count). The average molecular weight is 438 g/mol. The van der Waals surface area contributed by atoms with E-state index < -0.39 is 10.9 Å². The van der Waals surface area contributed by atoms with Crippen LogP contribution >= 0.6 is 0 Å². The molecule has 0 aromatic heterocycles. The minimum absolute atomic E-state index is 0.00499. The van der Waals surface area contributed by atoms with Gasteiger partial charge in [-0.15, -0.1) is 0 Å². The fourth-order valence-electron chi connectivity index (χ4n) is 3.83. The van der Waals surface area contributed by atoms with E-state index in [4.69, 9.17) is 9.47 Å². The summed E-state index contributed by atoms with van der Waals surface area (Å²) in [5.74, 6) is 0.494. The SMILES string of the molecule is CCOC(/C=C(/C)O)=c1\c(C)nc2c(=O)c3/c(=C(\C=C(\C)O)OCC)c(C)nc=3c(=O)c1=2. The fraction of sp³-hybridized carbons (Fsp3) is 0.333. The summed E-state index contributed by atoms with van der Waals surface area (Å²) in [5, 5.41) is 20.5. The maximum absolute atomic E-state index is 13.5. The van der Waals surface area contributed by atoms with Gasteiger partial charge in [-0.2, -0.15) is 0 Å². The Morgan fingerprint density at radius 3 is 1.41 bits per heavy atom. The Hall–Kier alpha value is -3.68. The fourth-order valence-corrected chi connectivity index (χ4v) is 3.83. The third kappa shape index (κ3) is 3.84. The minimum Gasteiger partial charge on any atom is -0.512 e. The molecule has 2 N–H and O–H groups in total. The Morgan fingerprint density at radius 1 is 0.781 bits per heavy atom. The average Bonchev–Trinajstić information content (AvgIpc) is 3.22. The summed E-state index contributed by atoms with van der Waals surface area (Å²) < 4.78 is 11.3. The van der Waals surface area contributed by atoms with Gasteiger partial charge in [-0.3, -0.25) is 9.59 Å². The molecule has 0 saturated heterocycles. The predicted molar refractivity (Wildman–Crippen MR) is 119 cm³/mol. The first-order chi connectivity index (χ1) is 15.1. The van der Waals surface area contributed by atoms with Crippen LogP contribution in [-0.2, 0) is 9.47 Å². The lowest BCUT2D eigenvalue weighted by Gasteiger charge is -2.04. The molecule has 1 aliphatic carbocycles. The zero-order chi connectivity index (χ0) is 23.7. The molecule has 0 amide bonds. The second-order valence-electron chi connectivity index (χ2n) is 7.42. The zero-order valence-corrected chi connectivity index (χ0v) is 19.0. The third-order valence-corrected chi connectivity index (χ3v) is 4.91. The van der Waals surface area contributed by atoms with Crippen LogP contribution in [-0.4, -0.2) is 33.4 Å². The molecule has 0 bridgehead atoms. The number of hydrogen-bond acceptors (Lipinski definition) is 8. The van der Waals surface area contributed by atoms with E-state index in [-0.39, 0.29) is 44.2 Å². The summed E-state index contributed by atoms with van der Waals surface area (Å²) in [5.41, 5.74) is -0.0510. The first-order valence-corrected chi connectivity index (χ1v) is 10.3. The largest absolute Gasteiger partial charge is 0.512 e. The molecular formula is C24H26N2O6. The van der Waals surface area contributed by atoms with Crippen LogP contribution in [0, 0.1) is 35.0 Å². The maximum atomic E-state index is 13.5. The normalized spacial score (nSPS) is 14.8. The van der Waals surface area contributed by atoms with Crippen molar-refractivity contribution < 1.29 is 19.7 Å².